The molecule has 3 aromatic rings. The molecule has 0 bridgehead atoms. The van der Waals surface area contributed by atoms with Crippen LogP contribution in [0.3, 0.4) is 0 Å². The highest BCUT2D eigenvalue weighted by atomic mass is 32.1. The van der Waals surface area contributed by atoms with Crippen LogP contribution in [0.2, 0.25) is 0 Å². The molecule has 150 valence electrons. The summed E-state index contributed by atoms with van der Waals surface area (Å²) >= 11 is 1.27. The standard InChI is InChI=1S/C23H26N4OS/c1-15-9-16(2)11-18(10-15)24-22(28)19-13-23(19)5-7-27(8-6-23)14-17-3-4-20-21(12-17)26-29-25-20/h3-4,9-12,19H,5-8,13-14H2,1-2H3,(H,24,28)/t19-/m1/s1. The maximum absolute atomic E-state index is 12.8. The molecule has 1 aliphatic heterocycles. The Morgan fingerprint density at radius 2 is 1.83 bits per heavy atom. The Kier molecular flexibility index (Phi) is 4.63. The first-order valence-corrected chi connectivity index (χ1v) is 11.1. The van der Waals surface area contributed by atoms with Gasteiger partial charge < -0.3 is 5.32 Å². The third-order valence-electron chi connectivity index (χ3n) is 6.57. The predicted molar refractivity (Wildman–Crippen MR) is 117 cm³/mol. The van der Waals surface area contributed by atoms with E-state index in [1.165, 1.54) is 28.4 Å². The molecule has 2 fully saturated rings. The zero-order valence-electron chi connectivity index (χ0n) is 16.9. The number of piperidine rings is 1. The molecule has 1 aromatic heterocycles. The number of amides is 1. The molecule has 1 saturated carbocycles. The van der Waals surface area contributed by atoms with Crippen molar-refractivity contribution in [2.24, 2.45) is 11.3 Å². The van der Waals surface area contributed by atoms with Crippen molar-refractivity contribution in [2.45, 2.75) is 39.7 Å². The Morgan fingerprint density at radius 1 is 1.10 bits per heavy atom. The minimum Gasteiger partial charge on any atom is -0.326 e. The van der Waals surface area contributed by atoms with Crippen LogP contribution in [0.25, 0.3) is 11.0 Å². The molecule has 1 atom stereocenters. The van der Waals surface area contributed by atoms with Crippen molar-refractivity contribution in [2.75, 3.05) is 18.4 Å². The molecule has 1 amide bonds. The molecule has 1 saturated heterocycles. The SMILES string of the molecule is Cc1cc(C)cc(NC(=O)[C@H]2CC23CCN(Cc2ccc4nsnc4c2)CC3)c1. The lowest BCUT2D eigenvalue weighted by Gasteiger charge is -2.32. The van der Waals surface area contributed by atoms with Gasteiger partial charge in [0, 0.05) is 18.2 Å². The fourth-order valence-corrected chi connectivity index (χ4v) is 5.41. The first kappa shape index (κ1) is 18.7. The number of hydrogen-bond donors (Lipinski definition) is 1. The molecular weight excluding hydrogens is 380 g/mol. The molecule has 2 aromatic carbocycles. The molecule has 5 nitrogen and oxygen atoms in total. The number of benzene rings is 2. The van der Waals surface area contributed by atoms with Crippen LogP contribution in [0.1, 0.15) is 36.0 Å². The van der Waals surface area contributed by atoms with E-state index < -0.39 is 0 Å². The van der Waals surface area contributed by atoms with E-state index in [2.05, 4.69) is 69.2 Å². The quantitative estimate of drug-likeness (QED) is 0.691. The summed E-state index contributed by atoms with van der Waals surface area (Å²) in [4.78, 5) is 15.3. The van der Waals surface area contributed by atoms with Gasteiger partial charge in [-0.25, -0.2) is 0 Å². The topological polar surface area (TPSA) is 58.1 Å². The number of nitrogens with zero attached hydrogens (tertiary/aromatic N) is 3. The fourth-order valence-electron chi connectivity index (χ4n) is 4.89. The zero-order chi connectivity index (χ0) is 20.0. The van der Waals surface area contributed by atoms with Gasteiger partial charge in [-0.2, -0.15) is 8.75 Å². The van der Waals surface area contributed by atoms with Crippen molar-refractivity contribution in [3.8, 4) is 0 Å². The Labute approximate surface area is 175 Å². The summed E-state index contributed by atoms with van der Waals surface area (Å²) in [5.41, 5.74) is 6.79. The highest BCUT2D eigenvalue weighted by molar-refractivity contribution is 7.00. The minimum absolute atomic E-state index is 0.169. The van der Waals surface area contributed by atoms with Gasteiger partial charge in [0.05, 0.1) is 11.7 Å². The molecule has 2 heterocycles. The minimum atomic E-state index is 0.169. The molecule has 1 N–H and O–H groups in total. The number of aromatic nitrogens is 2. The van der Waals surface area contributed by atoms with E-state index in [4.69, 9.17) is 0 Å². The van der Waals surface area contributed by atoms with Crippen molar-refractivity contribution in [3.05, 3.63) is 53.1 Å². The average molecular weight is 407 g/mol. The lowest BCUT2D eigenvalue weighted by atomic mass is 9.90. The van der Waals surface area contributed by atoms with Gasteiger partial charge in [-0.1, -0.05) is 12.1 Å². The highest BCUT2D eigenvalue weighted by Crippen LogP contribution is 2.59. The van der Waals surface area contributed by atoms with E-state index in [-0.39, 0.29) is 17.2 Å². The lowest BCUT2D eigenvalue weighted by Crippen LogP contribution is -2.35. The van der Waals surface area contributed by atoms with Crippen molar-refractivity contribution < 1.29 is 4.79 Å². The third kappa shape index (κ3) is 3.79. The fraction of sp³-hybridized carbons (Fsp3) is 0.435. The van der Waals surface area contributed by atoms with Crippen LogP contribution < -0.4 is 5.32 Å². The lowest BCUT2D eigenvalue weighted by molar-refractivity contribution is -0.118. The Morgan fingerprint density at radius 3 is 2.59 bits per heavy atom. The van der Waals surface area contributed by atoms with E-state index in [0.29, 0.717) is 0 Å². The summed E-state index contributed by atoms with van der Waals surface area (Å²) in [5.74, 6) is 0.368. The van der Waals surface area contributed by atoms with E-state index >= 15 is 0 Å². The number of aryl methyl sites for hydroxylation is 2. The first-order valence-electron chi connectivity index (χ1n) is 10.3. The maximum Gasteiger partial charge on any atom is 0.228 e. The second kappa shape index (κ2) is 7.18. The van der Waals surface area contributed by atoms with Crippen LogP contribution in [0, 0.1) is 25.2 Å². The summed E-state index contributed by atoms with van der Waals surface area (Å²) in [7, 11) is 0. The first-order chi connectivity index (χ1) is 14.0. The van der Waals surface area contributed by atoms with Gasteiger partial charge >= 0.3 is 0 Å². The van der Waals surface area contributed by atoms with Gasteiger partial charge in [-0.3, -0.25) is 9.69 Å². The van der Waals surface area contributed by atoms with E-state index in [1.807, 2.05) is 0 Å². The molecule has 29 heavy (non-hydrogen) atoms. The van der Waals surface area contributed by atoms with Gasteiger partial charge in [-0.05, 0) is 92.6 Å². The molecule has 1 aliphatic carbocycles. The van der Waals surface area contributed by atoms with Gasteiger partial charge in [0.25, 0.3) is 0 Å². The van der Waals surface area contributed by atoms with Crippen molar-refractivity contribution in [1.82, 2.24) is 13.6 Å². The summed E-state index contributed by atoms with van der Waals surface area (Å²) in [6, 6.07) is 12.6. The van der Waals surface area contributed by atoms with Crippen LogP contribution in [-0.4, -0.2) is 32.6 Å². The van der Waals surface area contributed by atoms with Crippen LogP contribution in [-0.2, 0) is 11.3 Å². The summed E-state index contributed by atoms with van der Waals surface area (Å²) in [6.45, 7) is 7.20. The Hall–Kier alpha value is -2.31. The van der Waals surface area contributed by atoms with Gasteiger partial charge in [0.15, 0.2) is 0 Å². The van der Waals surface area contributed by atoms with Crippen LogP contribution in [0.15, 0.2) is 36.4 Å². The molecule has 5 rings (SSSR count). The van der Waals surface area contributed by atoms with Gasteiger partial charge in [-0.15, -0.1) is 0 Å². The number of carbonyl (C=O) groups excluding carboxylic acids is 1. The number of nitrogens with one attached hydrogen (secondary N) is 1. The number of rotatable bonds is 4. The molecule has 1 spiro atoms. The molecule has 2 aliphatic rings. The van der Waals surface area contributed by atoms with Crippen LogP contribution >= 0.6 is 11.7 Å². The van der Waals surface area contributed by atoms with Gasteiger partial charge in [0.2, 0.25) is 5.91 Å². The molecule has 0 radical (unpaired) electrons. The largest absolute Gasteiger partial charge is 0.326 e. The van der Waals surface area contributed by atoms with E-state index in [0.717, 1.165) is 55.6 Å². The molecule has 6 heteroatoms. The van der Waals surface area contributed by atoms with E-state index in [1.54, 1.807) is 0 Å². The number of hydrogen-bond acceptors (Lipinski definition) is 5. The number of fused-ring (bicyclic) bond motifs is 1. The predicted octanol–water partition coefficient (Wildman–Crippen LogP) is 4.55. The molecule has 0 unspecified atom stereocenters. The van der Waals surface area contributed by atoms with Crippen molar-refractivity contribution in [3.63, 3.8) is 0 Å². The van der Waals surface area contributed by atoms with Crippen molar-refractivity contribution in [1.29, 1.82) is 0 Å². The van der Waals surface area contributed by atoms with Crippen LogP contribution in [0.5, 0.6) is 0 Å². The Balaban J connectivity index is 1.17. The average Bonchev–Trinajstić information content (AvgIpc) is 3.17. The number of carbonyl (C=O) groups is 1. The van der Waals surface area contributed by atoms with Gasteiger partial charge in [0.1, 0.15) is 11.0 Å². The molecular formula is C23H26N4OS. The number of anilines is 1. The Bertz CT molecular complexity index is 1050. The summed E-state index contributed by atoms with van der Waals surface area (Å²) in [5, 5.41) is 3.16. The number of likely N-dealkylation sites (tertiary alicyclic amines) is 1. The second-order valence-corrected chi connectivity index (χ2v) is 9.38. The normalized spacial score (nSPS) is 20.8. The van der Waals surface area contributed by atoms with Crippen molar-refractivity contribution >= 4 is 34.4 Å². The third-order valence-corrected chi connectivity index (χ3v) is 7.13. The maximum atomic E-state index is 12.8. The summed E-state index contributed by atoms with van der Waals surface area (Å²) < 4.78 is 8.62. The highest BCUT2D eigenvalue weighted by Gasteiger charge is 2.58. The monoisotopic (exact) mass is 406 g/mol. The summed E-state index contributed by atoms with van der Waals surface area (Å²) in [6.07, 6.45) is 3.25. The second-order valence-electron chi connectivity index (χ2n) is 8.85. The smallest absolute Gasteiger partial charge is 0.228 e. The van der Waals surface area contributed by atoms with E-state index in [9.17, 15) is 4.79 Å². The zero-order valence-corrected chi connectivity index (χ0v) is 17.8. The van der Waals surface area contributed by atoms with Crippen LogP contribution in [0.4, 0.5) is 5.69 Å².